The maximum atomic E-state index is 3.42. The molecule has 0 saturated heterocycles. The second kappa shape index (κ2) is 6.81. The molecule has 0 amide bonds. The van der Waals surface area contributed by atoms with Crippen LogP contribution in [0.4, 0.5) is 0 Å². The van der Waals surface area contributed by atoms with Gasteiger partial charge in [-0.2, -0.15) is 0 Å². The Labute approximate surface area is 74.0 Å². The van der Waals surface area contributed by atoms with Crippen LogP contribution in [-0.4, -0.2) is 5.33 Å². The average molecular weight is 256 g/mol. The van der Waals surface area contributed by atoms with E-state index in [0.29, 0.717) is 0 Å². The van der Waals surface area contributed by atoms with Gasteiger partial charge >= 0.3 is 0 Å². The first-order valence-corrected chi connectivity index (χ1v) is 5.13. The number of halogens is 2. The normalized spacial score (nSPS) is 12.1. The van der Waals surface area contributed by atoms with Gasteiger partial charge in [-0.25, -0.2) is 0 Å². The van der Waals surface area contributed by atoms with E-state index in [1.54, 1.807) is 0 Å². The fourth-order valence-corrected chi connectivity index (χ4v) is 0.975. The van der Waals surface area contributed by atoms with Crippen molar-refractivity contribution >= 4 is 31.9 Å². The zero-order chi connectivity index (χ0) is 7.11. The lowest BCUT2D eigenvalue weighted by molar-refractivity contribution is 0.814. The smallest absolute Gasteiger partial charge is 0.0346 e. The summed E-state index contributed by atoms with van der Waals surface area (Å²) in [5.41, 5.74) is 0. The van der Waals surface area contributed by atoms with Gasteiger partial charge < -0.3 is 0 Å². The Hall–Kier alpha value is 0.700. The van der Waals surface area contributed by atoms with Crippen LogP contribution >= 0.6 is 31.9 Å². The summed E-state index contributed by atoms with van der Waals surface area (Å²) in [6, 6.07) is 0. The molecule has 0 bridgehead atoms. The van der Waals surface area contributed by atoms with Gasteiger partial charge in [-0.05, 0) is 6.42 Å². The lowest BCUT2D eigenvalue weighted by atomic mass is 10.2. The van der Waals surface area contributed by atoms with E-state index >= 15 is 0 Å². The molecule has 0 aliphatic heterocycles. The van der Waals surface area contributed by atoms with E-state index in [0.717, 1.165) is 5.33 Å². The van der Waals surface area contributed by atoms with Crippen molar-refractivity contribution in [3.8, 4) is 0 Å². The monoisotopic (exact) mass is 254 g/mol. The summed E-state index contributed by atoms with van der Waals surface area (Å²) in [4.78, 5) is 0. The van der Waals surface area contributed by atoms with Crippen molar-refractivity contribution < 1.29 is 0 Å². The molecule has 2 heteroatoms. The summed E-state index contributed by atoms with van der Waals surface area (Å²) in [6.45, 7) is 2.20. The van der Waals surface area contributed by atoms with Crippen LogP contribution in [0.2, 0.25) is 0 Å². The van der Waals surface area contributed by atoms with Crippen LogP contribution in [0.15, 0.2) is 10.6 Å². The first kappa shape index (κ1) is 9.70. The fraction of sp³-hybridized carbons (Fsp3) is 0.714. The highest BCUT2D eigenvalue weighted by atomic mass is 79.9. The summed E-state index contributed by atoms with van der Waals surface area (Å²) >= 11 is 6.77. The van der Waals surface area contributed by atoms with Gasteiger partial charge in [0, 0.05) is 9.81 Å². The lowest BCUT2D eigenvalue weighted by Gasteiger charge is -1.90. The molecular weight excluding hydrogens is 244 g/mol. The Bertz CT molecular complexity index is 86.9. The first-order chi connectivity index (χ1) is 4.31. The van der Waals surface area contributed by atoms with Crippen molar-refractivity contribution in [2.75, 3.05) is 5.33 Å². The van der Waals surface area contributed by atoms with Crippen LogP contribution < -0.4 is 0 Å². The van der Waals surface area contributed by atoms with Gasteiger partial charge in [-0.1, -0.05) is 57.7 Å². The predicted molar refractivity (Wildman–Crippen MR) is 50.3 cm³/mol. The van der Waals surface area contributed by atoms with E-state index in [9.17, 15) is 0 Å². The minimum Gasteiger partial charge on any atom is -0.0871 e. The largest absolute Gasteiger partial charge is 0.0871 e. The molecule has 0 saturated carbocycles. The molecule has 0 aromatic rings. The van der Waals surface area contributed by atoms with E-state index in [-0.39, 0.29) is 0 Å². The molecular formula is C7H12Br2. The molecule has 9 heavy (non-hydrogen) atoms. The summed E-state index contributed by atoms with van der Waals surface area (Å²) in [5.74, 6) is 0. The summed E-state index contributed by atoms with van der Waals surface area (Å²) < 4.78 is 1.26. The van der Waals surface area contributed by atoms with Crippen molar-refractivity contribution in [3.63, 3.8) is 0 Å². The Morgan fingerprint density at radius 1 is 1.56 bits per heavy atom. The zero-order valence-electron chi connectivity index (χ0n) is 5.66. The van der Waals surface area contributed by atoms with Crippen LogP contribution in [0.5, 0.6) is 0 Å². The number of allylic oxidation sites excluding steroid dienone is 2. The van der Waals surface area contributed by atoms with E-state index in [2.05, 4.69) is 44.9 Å². The second-order valence-electron chi connectivity index (χ2n) is 1.93. The predicted octanol–water partition coefficient (Wildman–Crippen LogP) is 3.85. The Balaban J connectivity index is 3.21. The lowest BCUT2D eigenvalue weighted by Crippen LogP contribution is -1.72. The van der Waals surface area contributed by atoms with E-state index < -0.39 is 0 Å². The van der Waals surface area contributed by atoms with Crippen molar-refractivity contribution in [3.05, 3.63) is 10.6 Å². The van der Waals surface area contributed by atoms with Gasteiger partial charge in [0.25, 0.3) is 0 Å². The molecule has 0 unspecified atom stereocenters. The van der Waals surface area contributed by atoms with Crippen molar-refractivity contribution in [2.24, 2.45) is 0 Å². The fourth-order valence-electron chi connectivity index (χ4n) is 0.517. The van der Waals surface area contributed by atoms with Crippen molar-refractivity contribution in [1.29, 1.82) is 0 Å². The van der Waals surface area contributed by atoms with Crippen LogP contribution in [0.25, 0.3) is 0 Å². The third-order valence-electron chi connectivity index (χ3n) is 1.05. The van der Waals surface area contributed by atoms with Crippen LogP contribution in [0.3, 0.4) is 0 Å². The standard InChI is InChI=1S/C7H12Br2/c1-2-3-4-5-7(9)6-8/h5H,2-4,6H2,1H3/b7-5+. The molecule has 0 radical (unpaired) electrons. The molecule has 0 fully saturated rings. The Kier molecular flexibility index (Phi) is 7.34. The maximum absolute atomic E-state index is 3.42. The van der Waals surface area contributed by atoms with Crippen LogP contribution in [0, 0.1) is 0 Å². The molecule has 0 heterocycles. The van der Waals surface area contributed by atoms with Gasteiger partial charge in [0.1, 0.15) is 0 Å². The second-order valence-corrected chi connectivity index (χ2v) is 3.51. The van der Waals surface area contributed by atoms with Gasteiger partial charge in [0.05, 0.1) is 0 Å². The number of alkyl halides is 1. The Morgan fingerprint density at radius 2 is 2.22 bits per heavy atom. The van der Waals surface area contributed by atoms with E-state index in [1.165, 1.54) is 23.7 Å². The third-order valence-corrected chi connectivity index (χ3v) is 3.01. The van der Waals surface area contributed by atoms with Crippen LogP contribution in [-0.2, 0) is 0 Å². The van der Waals surface area contributed by atoms with E-state index in [1.807, 2.05) is 0 Å². The minimum absolute atomic E-state index is 0.941. The van der Waals surface area contributed by atoms with Crippen LogP contribution in [0.1, 0.15) is 26.2 Å². The number of rotatable bonds is 4. The van der Waals surface area contributed by atoms with Crippen molar-refractivity contribution in [1.82, 2.24) is 0 Å². The molecule has 0 rings (SSSR count). The highest BCUT2D eigenvalue weighted by Gasteiger charge is 1.85. The summed E-state index contributed by atoms with van der Waals surface area (Å²) in [6.07, 6.45) is 5.99. The summed E-state index contributed by atoms with van der Waals surface area (Å²) in [5, 5.41) is 0.941. The SMILES string of the molecule is CCCC/C=C(/Br)CBr. The maximum Gasteiger partial charge on any atom is 0.0346 e. The molecule has 0 aliphatic rings. The highest BCUT2D eigenvalue weighted by Crippen LogP contribution is 2.10. The number of unbranched alkanes of at least 4 members (excludes halogenated alkanes) is 2. The molecule has 54 valence electrons. The average Bonchev–Trinajstić information content (AvgIpc) is 1.89. The summed E-state index contributed by atoms with van der Waals surface area (Å²) in [7, 11) is 0. The van der Waals surface area contributed by atoms with Gasteiger partial charge in [0.15, 0.2) is 0 Å². The van der Waals surface area contributed by atoms with Crippen molar-refractivity contribution in [2.45, 2.75) is 26.2 Å². The molecule has 0 aliphatic carbocycles. The molecule has 0 N–H and O–H groups in total. The minimum atomic E-state index is 0.941. The molecule has 0 atom stereocenters. The molecule has 0 aromatic heterocycles. The van der Waals surface area contributed by atoms with Gasteiger partial charge in [-0.15, -0.1) is 0 Å². The quantitative estimate of drug-likeness (QED) is 0.529. The van der Waals surface area contributed by atoms with E-state index in [4.69, 9.17) is 0 Å². The zero-order valence-corrected chi connectivity index (χ0v) is 8.83. The number of hydrogen-bond acceptors (Lipinski definition) is 0. The number of hydrogen-bond donors (Lipinski definition) is 0. The van der Waals surface area contributed by atoms with Gasteiger partial charge in [0.2, 0.25) is 0 Å². The molecule has 0 aromatic carbocycles. The van der Waals surface area contributed by atoms with Gasteiger partial charge in [-0.3, -0.25) is 0 Å². The Morgan fingerprint density at radius 3 is 2.67 bits per heavy atom. The highest BCUT2D eigenvalue weighted by molar-refractivity contribution is 9.13. The first-order valence-electron chi connectivity index (χ1n) is 3.21. The third kappa shape index (κ3) is 6.59. The molecule has 0 spiro atoms. The molecule has 0 nitrogen and oxygen atoms in total. The topological polar surface area (TPSA) is 0 Å².